The highest BCUT2D eigenvalue weighted by atomic mass is 32.2. The lowest BCUT2D eigenvalue weighted by molar-refractivity contribution is -0.117. The largest absolute Gasteiger partial charge is 0.506 e. The van der Waals surface area contributed by atoms with Crippen molar-refractivity contribution in [3.05, 3.63) is 47.5 Å². The van der Waals surface area contributed by atoms with E-state index in [1.165, 1.54) is 19.2 Å². The Morgan fingerprint density at radius 3 is 2.52 bits per heavy atom. The van der Waals surface area contributed by atoms with E-state index in [1.807, 2.05) is 4.72 Å². The van der Waals surface area contributed by atoms with Crippen LogP contribution in [0.4, 0.5) is 5.69 Å². The summed E-state index contributed by atoms with van der Waals surface area (Å²) in [4.78, 5) is 11.4. The number of nitrogens with zero attached hydrogens (tertiary/aromatic N) is 1. The number of hydrogen-bond acceptors (Lipinski definition) is 8. The molecule has 0 spiro atoms. The lowest BCUT2D eigenvalue weighted by Crippen LogP contribution is -2.29. The normalized spacial score (nSPS) is 15.8. The summed E-state index contributed by atoms with van der Waals surface area (Å²) in [5, 5.41) is 10.3. The molecule has 2 aromatic carbocycles. The summed E-state index contributed by atoms with van der Waals surface area (Å²) < 4.78 is 59.9. The molecule has 1 aliphatic rings. The maximum atomic E-state index is 11.9. The number of amides is 1. The van der Waals surface area contributed by atoms with Crippen molar-refractivity contribution < 1.29 is 35.7 Å². The van der Waals surface area contributed by atoms with E-state index >= 15 is 0 Å². The van der Waals surface area contributed by atoms with Crippen LogP contribution in [0.15, 0.2) is 36.4 Å². The summed E-state index contributed by atoms with van der Waals surface area (Å²) in [6.07, 6.45) is 1.08. The van der Waals surface area contributed by atoms with Crippen molar-refractivity contribution in [3.63, 3.8) is 0 Å². The van der Waals surface area contributed by atoms with Crippen molar-refractivity contribution in [2.45, 2.75) is 6.42 Å². The zero-order valence-electron chi connectivity index (χ0n) is 15.4. The maximum Gasteiger partial charge on any atom is 0.326 e. The van der Waals surface area contributed by atoms with Gasteiger partial charge in [-0.3, -0.25) is 4.79 Å². The van der Waals surface area contributed by atoms with E-state index in [0.29, 0.717) is 11.1 Å². The van der Waals surface area contributed by atoms with Crippen LogP contribution in [-0.2, 0) is 31.5 Å². The molecule has 0 aliphatic carbocycles. The van der Waals surface area contributed by atoms with Crippen LogP contribution in [-0.4, -0.2) is 47.8 Å². The fourth-order valence-corrected chi connectivity index (χ4v) is 4.53. The number of phenolic OH excluding ortho intramolecular Hbond substituents is 1. The van der Waals surface area contributed by atoms with E-state index in [9.17, 15) is 26.7 Å². The predicted octanol–water partition coefficient (Wildman–Crippen LogP) is 0.511. The van der Waals surface area contributed by atoms with Crippen LogP contribution < -0.4 is 17.9 Å². The molecule has 1 saturated heterocycles. The van der Waals surface area contributed by atoms with Crippen molar-refractivity contribution in [1.82, 2.24) is 4.72 Å². The van der Waals surface area contributed by atoms with Crippen molar-refractivity contribution >= 4 is 31.9 Å². The topological polar surface area (TPSA) is 139 Å². The van der Waals surface area contributed by atoms with Crippen LogP contribution in [0.3, 0.4) is 0 Å². The molecule has 12 heteroatoms. The zero-order chi connectivity index (χ0) is 21.4. The molecule has 1 amide bonds. The van der Waals surface area contributed by atoms with Crippen molar-refractivity contribution in [3.8, 4) is 17.2 Å². The molecule has 1 heterocycles. The highest BCUT2D eigenvalue weighted by molar-refractivity contribution is 7.92. The van der Waals surface area contributed by atoms with Gasteiger partial charge in [0.15, 0.2) is 11.5 Å². The molecule has 2 aromatic rings. The average Bonchev–Trinajstić information content (AvgIpc) is 2.87. The van der Waals surface area contributed by atoms with Crippen LogP contribution >= 0.6 is 0 Å². The Hall–Kier alpha value is -2.99. The highest BCUT2D eigenvalue weighted by Gasteiger charge is 2.35. The van der Waals surface area contributed by atoms with Gasteiger partial charge in [-0.25, -0.2) is 9.03 Å². The van der Waals surface area contributed by atoms with Gasteiger partial charge in [0.2, 0.25) is 0 Å². The Labute approximate surface area is 168 Å². The Bertz CT molecular complexity index is 1180. The van der Waals surface area contributed by atoms with Gasteiger partial charge in [-0.1, -0.05) is 18.2 Å². The van der Waals surface area contributed by atoms with Crippen molar-refractivity contribution in [2.24, 2.45) is 0 Å². The number of ether oxygens (including phenoxy) is 1. The number of phenols is 1. The summed E-state index contributed by atoms with van der Waals surface area (Å²) in [5.74, 6) is -0.803. The molecule has 156 valence electrons. The first-order valence-corrected chi connectivity index (χ1v) is 11.5. The number of hydrogen-bond donors (Lipinski definition) is 2. The second-order valence-corrected chi connectivity index (χ2v) is 9.44. The highest BCUT2D eigenvalue weighted by Crippen LogP contribution is 2.36. The number of carbonyl (C=O) groups excluding carboxylic acids is 1. The van der Waals surface area contributed by atoms with Gasteiger partial charge < -0.3 is 14.0 Å². The SMILES string of the molecule is COc1cccc(Cc2ccc(N3CC(=O)NS3(=O)=O)c(O)c2)c1OS(C)(=O)=O. The number of carbonyl (C=O) groups is 1. The average molecular weight is 442 g/mol. The first-order valence-electron chi connectivity index (χ1n) is 8.21. The van der Waals surface area contributed by atoms with Gasteiger partial charge in [-0.2, -0.15) is 16.8 Å². The first kappa shape index (κ1) is 20.7. The van der Waals surface area contributed by atoms with Crippen molar-refractivity contribution in [1.29, 1.82) is 0 Å². The molecule has 2 N–H and O–H groups in total. The minimum atomic E-state index is -4.05. The Kier molecular flexibility index (Phi) is 5.32. The third-order valence-electron chi connectivity index (χ3n) is 4.04. The van der Waals surface area contributed by atoms with E-state index < -0.39 is 32.8 Å². The van der Waals surface area contributed by atoms with E-state index in [2.05, 4.69) is 0 Å². The quantitative estimate of drug-likeness (QED) is 0.617. The van der Waals surface area contributed by atoms with Crippen LogP contribution in [0.1, 0.15) is 11.1 Å². The van der Waals surface area contributed by atoms with Crippen LogP contribution in [0.2, 0.25) is 0 Å². The minimum Gasteiger partial charge on any atom is -0.506 e. The zero-order valence-corrected chi connectivity index (χ0v) is 17.1. The predicted molar refractivity (Wildman–Crippen MR) is 104 cm³/mol. The van der Waals surface area contributed by atoms with Crippen LogP contribution in [0.5, 0.6) is 17.2 Å². The third-order valence-corrected chi connectivity index (χ3v) is 5.90. The molecule has 0 bridgehead atoms. The molecule has 1 aliphatic heterocycles. The van der Waals surface area contributed by atoms with Gasteiger partial charge in [-0.05, 0) is 23.8 Å². The van der Waals surface area contributed by atoms with E-state index in [1.54, 1.807) is 24.3 Å². The number of benzene rings is 2. The van der Waals surface area contributed by atoms with Gasteiger partial charge in [0.25, 0.3) is 5.91 Å². The Balaban J connectivity index is 1.95. The molecule has 0 aromatic heterocycles. The van der Waals surface area contributed by atoms with Crippen LogP contribution in [0, 0.1) is 0 Å². The van der Waals surface area contributed by atoms with Crippen LogP contribution in [0.25, 0.3) is 0 Å². The standard InChI is InChI=1S/C17H18N2O8S2/c1-26-15-5-3-4-12(17(15)27-28(2,22)23)8-11-6-7-13(14(20)9-11)19-10-16(21)18-29(19,24)25/h3-7,9,20H,8,10H2,1-2H3,(H,18,21). The Morgan fingerprint density at radius 2 is 1.97 bits per heavy atom. The second kappa shape index (κ2) is 7.44. The summed E-state index contributed by atoms with van der Waals surface area (Å²) >= 11 is 0. The molecule has 3 rings (SSSR count). The van der Waals surface area contributed by atoms with Gasteiger partial charge in [0, 0.05) is 12.0 Å². The van der Waals surface area contributed by atoms with Gasteiger partial charge in [0.05, 0.1) is 19.1 Å². The fraction of sp³-hybridized carbons (Fsp3) is 0.235. The smallest absolute Gasteiger partial charge is 0.326 e. The molecule has 0 radical (unpaired) electrons. The molecule has 1 fully saturated rings. The van der Waals surface area contributed by atoms with Crippen molar-refractivity contribution in [2.75, 3.05) is 24.2 Å². The lowest BCUT2D eigenvalue weighted by atomic mass is 10.0. The summed E-state index contributed by atoms with van der Waals surface area (Å²) in [7, 11) is -6.48. The molecular weight excluding hydrogens is 424 g/mol. The van der Waals surface area contributed by atoms with E-state index in [0.717, 1.165) is 10.6 Å². The number of rotatable bonds is 6. The van der Waals surface area contributed by atoms with Gasteiger partial charge >= 0.3 is 20.3 Å². The molecule has 29 heavy (non-hydrogen) atoms. The Morgan fingerprint density at radius 1 is 1.24 bits per heavy atom. The fourth-order valence-electron chi connectivity index (χ4n) is 2.88. The summed E-state index contributed by atoms with van der Waals surface area (Å²) in [6, 6.07) is 9.09. The minimum absolute atomic E-state index is 0.0259. The number of anilines is 1. The lowest BCUT2D eigenvalue weighted by Gasteiger charge is -2.17. The number of aromatic hydroxyl groups is 1. The molecule has 0 unspecified atom stereocenters. The summed E-state index contributed by atoms with van der Waals surface area (Å²) in [6.45, 7) is -0.433. The van der Waals surface area contributed by atoms with Gasteiger partial charge in [-0.15, -0.1) is 0 Å². The third kappa shape index (κ3) is 4.54. The second-order valence-electron chi connectivity index (χ2n) is 6.27. The monoisotopic (exact) mass is 442 g/mol. The van der Waals surface area contributed by atoms with Gasteiger partial charge in [0.1, 0.15) is 12.3 Å². The number of nitrogens with one attached hydrogen (secondary N) is 1. The maximum absolute atomic E-state index is 11.9. The van der Waals surface area contributed by atoms with E-state index in [4.69, 9.17) is 8.92 Å². The van der Waals surface area contributed by atoms with E-state index in [-0.39, 0.29) is 29.4 Å². The first-order chi connectivity index (χ1) is 13.5. The molecule has 10 nitrogen and oxygen atoms in total. The summed E-state index contributed by atoms with van der Waals surface area (Å²) in [5.41, 5.74) is 0.978. The molecular formula is C17H18N2O8S2. The number of methoxy groups -OCH3 is 1. The molecule has 0 saturated carbocycles. The molecule has 0 atom stereocenters. The number of para-hydroxylation sites is 1.